The first kappa shape index (κ1) is 17.6. The molecule has 5 nitrogen and oxygen atoms in total. The van der Waals surface area contributed by atoms with E-state index in [0.717, 1.165) is 37.3 Å². The van der Waals surface area contributed by atoms with Crippen molar-refractivity contribution in [3.8, 4) is 11.1 Å². The fourth-order valence-electron chi connectivity index (χ4n) is 2.96. The number of amides is 1. The minimum Gasteiger partial charge on any atom is -0.366 e. The molecule has 4 rings (SSSR count). The van der Waals surface area contributed by atoms with E-state index < -0.39 is 5.91 Å². The topological polar surface area (TPSA) is 80.9 Å². The first-order chi connectivity index (χ1) is 13.0. The van der Waals surface area contributed by atoms with Gasteiger partial charge in [0.2, 0.25) is 5.91 Å². The number of fused-ring (bicyclic) bond motifs is 1. The predicted molar refractivity (Wildman–Crippen MR) is 114 cm³/mol. The molecular weight excluding hydrogens is 424 g/mol. The number of carbonyl (C=O) groups is 1. The van der Waals surface area contributed by atoms with Gasteiger partial charge in [-0.25, -0.2) is 9.97 Å². The van der Waals surface area contributed by atoms with Gasteiger partial charge in [0.05, 0.1) is 5.39 Å². The summed E-state index contributed by atoms with van der Waals surface area (Å²) in [7, 11) is 0. The number of nitrogens with one attached hydrogen (secondary N) is 1. The first-order valence-electron chi connectivity index (χ1n) is 8.20. The molecule has 0 unspecified atom stereocenters. The molecule has 27 heavy (non-hydrogen) atoms. The second-order valence-corrected chi connectivity index (χ2v) is 8.13. The molecule has 0 bridgehead atoms. The van der Waals surface area contributed by atoms with Gasteiger partial charge in [-0.05, 0) is 48.9 Å². The van der Waals surface area contributed by atoms with Crippen molar-refractivity contribution in [3.63, 3.8) is 0 Å². The van der Waals surface area contributed by atoms with Crippen molar-refractivity contribution in [3.05, 3.63) is 69.8 Å². The lowest BCUT2D eigenvalue weighted by Crippen LogP contribution is -2.10. The molecule has 0 saturated carbocycles. The van der Waals surface area contributed by atoms with Crippen LogP contribution in [0.2, 0.25) is 0 Å². The van der Waals surface area contributed by atoms with E-state index in [1.165, 1.54) is 4.88 Å². The molecular formula is C20H15BrN4OS. The van der Waals surface area contributed by atoms with Gasteiger partial charge in [-0.1, -0.05) is 28.1 Å². The second kappa shape index (κ2) is 7.09. The van der Waals surface area contributed by atoms with Crippen LogP contribution in [0.15, 0.2) is 59.3 Å². The van der Waals surface area contributed by atoms with Gasteiger partial charge in [0, 0.05) is 26.2 Å². The molecule has 0 radical (unpaired) electrons. The number of benzene rings is 2. The van der Waals surface area contributed by atoms with Gasteiger partial charge in [-0.3, -0.25) is 4.79 Å². The van der Waals surface area contributed by atoms with E-state index in [9.17, 15) is 4.79 Å². The number of anilines is 2. The quantitative estimate of drug-likeness (QED) is 0.454. The summed E-state index contributed by atoms with van der Waals surface area (Å²) in [6.45, 7) is 2.09. The number of primary amides is 1. The number of halogens is 1. The van der Waals surface area contributed by atoms with Crippen LogP contribution in [0.25, 0.3) is 21.3 Å². The molecule has 0 aliphatic rings. The maximum absolute atomic E-state index is 11.3. The van der Waals surface area contributed by atoms with Gasteiger partial charge < -0.3 is 11.1 Å². The summed E-state index contributed by atoms with van der Waals surface area (Å²) in [5, 5.41) is 4.33. The summed E-state index contributed by atoms with van der Waals surface area (Å²) in [6, 6.07) is 15.2. The van der Waals surface area contributed by atoms with Crippen molar-refractivity contribution in [2.45, 2.75) is 6.92 Å². The number of rotatable bonds is 4. The van der Waals surface area contributed by atoms with Crippen molar-refractivity contribution in [1.29, 1.82) is 0 Å². The highest BCUT2D eigenvalue weighted by atomic mass is 79.9. The number of aromatic nitrogens is 2. The molecule has 4 aromatic rings. The third-order valence-electron chi connectivity index (χ3n) is 4.23. The normalized spacial score (nSPS) is 10.9. The number of carbonyl (C=O) groups excluding carboxylic acids is 1. The Morgan fingerprint density at radius 1 is 1.07 bits per heavy atom. The van der Waals surface area contributed by atoms with Crippen LogP contribution in [-0.2, 0) is 0 Å². The molecule has 2 aromatic heterocycles. The van der Waals surface area contributed by atoms with Crippen molar-refractivity contribution in [2.75, 3.05) is 5.32 Å². The Kier molecular flexibility index (Phi) is 4.63. The summed E-state index contributed by atoms with van der Waals surface area (Å²) in [5.74, 6) is 0.283. The van der Waals surface area contributed by atoms with E-state index in [4.69, 9.17) is 5.73 Å². The van der Waals surface area contributed by atoms with Crippen LogP contribution in [0, 0.1) is 6.92 Å². The van der Waals surface area contributed by atoms with E-state index in [1.807, 2.05) is 24.3 Å². The maximum Gasteiger partial charge on any atom is 0.248 e. The average Bonchev–Trinajstić information content (AvgIpc) is 3.00. The number of hydrogen-bond acceptors (Lipinski definition) is 5. The highest BCUT2D eigenvalue weighted by Gasteiger charge is 2.17. The predicted octanol–water partition coefficient (Wildman–Crippen LogP) is 5.27. The fourth-order valence-corrected chi connectivity index (χ4v) is 4.23. The minimum absolute atomic E-state index is 0.447. The third kappa shape index (κ3) is 3.43. The molecule has 7 heteroatoms. The lowest BCUT2D eigenvalue weighted by molar-refractivity contribution is 0.100. The minimum atomic E-state index is -0.447. The van der Waals surface area contributed by atoms with Gasteiger partial charge in [0.25, 0.3) is 0 Å². The van der Waals surface area contributed by atoms with Crippen LogP contribution in [0.1, 0.15) is 15.2 Å². The Hall–Kier alpha value is -2.77. The molecule has 1 amide bonds. The Morgan fingerprint density at radius 2 is 1.78 bits per heavy atom. The SMILES string of the molecule is Cc1sc2ncnc(Nc3ccc(C(N)=O)cc3)c2c1-c1ccc(Br)cc1. The lowest BCUT2D eigenvalue weighted by Gasteiger charge is -2.09. The Bertz CT molecular complexity index is 1140. The zero-order valence-electron chi connectivity index (χ0n) is 14.4. The van der Waals surface area contributed by atoms with E-state index in [1.54, 1.807) is 29.8 Å². The third-order valence-corrected chi connectivity index (χ3v) is 5.77. The Balaban J connectivity index is 1.81. The largest absolute Gasteiger partial charge is 0.366 e. The molecule has 2 aromatic carbocycles. The molecule has 0 aliphatic carbocycles. The zero-order valence-corrected chi connectivity index (χ0v) is 16.8. The van der Waals surface area contributed by atoms with Crippen molar-refractivity contribution in [1.82, 2.24) is 9.97 Å². The Labute approximate surface area is 168 Å². The molecule has 0 aliphatic heterocycles. The van der Waals surface area contributed by atoms with E-state index >= 15 is 0 Å². The first-order valence-corrected chi connectivity index (χ1v) is 9.81. The highest BCUT2D eigenvalue weighted by molar-refractivity contribution is 9.10. The smallest absolute Gasteiger partial charge is 0.248 e. The highest BCUT2D eigenvalue weighted by Crippen LogP contribution is 2.41. The number of hydrogen-bond donors (Lipinski definition) is 2. The molecule has 0 saturated heterocycles. The average molecular weight is 439 g/mol. The van der Waals surface area contributed by atoms with Crippen LogP contribution in [0.4, 0.5) is 11.5 Å². The van der Waals surface area contributed by atoms with E-state index in [0.29, 0.717) is 5.56 Å². The standard InChI is InChI=1S/C20H15BrN4OS/c1-11-16(12-2-6-14(21)7-3-12)17-19(23-10-24-20(17)27-11)25-15-8-4-13(5-9-15)18(22)26/h2-10H,1H3,(H2,22,26)(H,23,24,25). The molecule has 0 fully saturated rings. The molecule has 134 valence electrons. The number of nitrogens with two attached hydrogens (primary N) is 1. The van der Waals surface area contributed by atoms with E-state index in [2.05, 4.69) is 50.3 Å². The fraction of sp³-hybridized carbons (Fsp3) is 0.0500. The zero-order chi connectivity index (χ0) is 19.0. The second-order valence-electron chi connectivity index (χ2n) is 6.01. The van der Waals surface area contributed by atoms with Crippen LogP contribution in [-0.4, -0.2) is 15.9 Å². The van der Waals surface area contributed by atoms with Crippen LogP contribution in [0.3, 0.4) is 0 Å². The van der Waals surface area contributed by atoms with Gasteiger partial charge in [-0.2, -0.15) is 0 Å². The number of thiophene rings is 1. The van der Waals surface area contributed by atoms with Crippen LogP contribution in [0.5, 0.6) is 0 Å². The number of nitrogens with zero attached hydrogens (tertiary/aromatic N) is 2. The van der Waals surface area contributed by atoms with Crippen molar-refractivity contribution in [2.24, 2.45) is 5.73 Å². The summed E-state index contributed by atoms with van der Waals surface area (Å²) in [5.41, 5.74) is 8.84. The van der Waals surface area contributed by atoms with Gasteiger partial charge >= 0.3 is 0 Å². The van der Waals surface area contributed by atoms with Gasteiger partial charge in [0.1, 0.15) is 17.0 Å². The Morgan fingerprint density at radius 3 is 2.44 bits per heavy atom. The van der Waals surface area contributed by atoms with Gasteiger partial charge in [0.15, 0.2) is 0 Å². The molecule has 0 atom stereocenters. The van der Waals surface area contributed by atoms with Crippen molar-refractivity contribution < 1.29 is 4.79 Å². The molecule has 0 spiro atoms. The monoisotopic (exact) mass is 438 g/mol. The van der Waals surface area contributed by atoms with Gasteiger partial charge in [-0.15, -0.1) is 11.3 Å². The summed E-state index contributed by atoms with van der Waals surface area (Å²) in [4.78, 5) is 22.3. The summed E-state index contributed by atoms with van der Waals surface area (Å²) < 4.78 is 1.03. The number of aryl methyl sites for hydroxylation is 1. The maximum atomic E-state index is 11.3. The van der Waals surface area contributed by atoms with Crippen LogP contribution >= 0.6 is 27.3 Å². The van der Waals surface area contributed by atoms with Crippen molar-refractivity contribution >= 4 is 54.9 Å². The summed E-state index contributed by atoms with van der Waals surface area (Å²) >= 11 is 5.13. The lowest BCUT2D eigenvalue weighted by atomic mass is 10.0. The summed E-state index contributed by atoms with van der Waals surface area (Å²) in [6.07, 6.45) is 1.56. The van der Waals surface area contributed by atoms with Crippen LogP contribution < -0.4 is 11.1 Å². The molecule has 2 heterocycles. The molecule has 3 N–H and O–H groups in total. The van der Waals surface area contributed by atoms with E-state index in [-0.39, 0.29) is 0 Å².